The lowest BCUT2D eigenvalue weighted by Crippen LogP contribution is -2.31. The summed E-state index contributed by atoms with van der Waals surface area (Å²) >= 11 is 4.99. The number of ether oxygens (including phenoxy) is 1. The molecule has 0 fully saturated rings. The first-order valence-corrected chi connectivity index (χ1v) is 6.67. The summed E-state index contributed by atoms with van der Waals surface area (Å²) in [6.45, 7) is 8.82. The summed E-state index contributed by atoms with van der Waals surface area (Å²) in [6, 6.07) is 7.75. The number of hydrazone groups is 1. The minimum absolute atomic E-state index is 0.185. The summed E-state index contributed by atoms with van der Waals surface area (Å²) in [7, 11) is 0. The van der Waals surface area contributed by atoms with Gasteiger partial charge in [-0.3, -0.25) is 5.43 Å². The van der Waals surface area contributed by atoms with E-state index in [1.54, 1.807) is 6.21 Å². The van der Waals surface area contributed by atoms with Gasteiger partial charge in [0.25, 0.3) is 0 Å². The molecule has 0 aliphatic heterocycles. The number of rotatable bonds is 4. The molecule has 0 bridgehead atoms. The molecule has 0 heterocycles. The summed E-state index contributed by atoms with van der Waals surface area (Å²) in [6.07, 6.45) is 1.71. The molecule has 4 nitrogen and oxygen atoms in total. The predicted molar refractivity (Wildman–Crippen MR) is 83.8 cm³/mol. The van der Waals surface area contributed by atoms with E-state index in [1.165, 1.54) is 0 Å². The quantitative estimate of drug-likeness (QED) is 0.505. The van der Waals surface area contributed by atoms with E-state index in [1.807, 2.05) is 52.0 Å². The van der Waals surface area contributed by atoms with Gasteiger partial charge in [0.2, 0.25) is 0 Å². The SMILES string of the molecule is CCNC(=S)N/N=C/c1ccc(OC(C)(C)C)cc1. The molecule has 0 aromatic heterocycles. The monoisotopic (exact) mass is 279 g/mol. The van der Waals surface area contributed by atoms with Gasteiger partial charge in [-0.25, -0.2) is 0 Å². The van der Waals surface area contributed by atoms with Crippen molar-refractivity contribution in [3.8, 4) is 5.75 Å². The summed E-state index contributed by atoms with van der Waals surface area (Å²) in [4.78, 5) is 0. The minimum Gasteiger partial charge on any atom is -0.488 e. The van der Waals surface area contributed by atoms with Crippen molar-refractivity contribution in [1.29, 1.82) is 0 Å². The lowest BCUT2D eigenvalue weighted by Gasteiger charge is -2.21. The van der Waals surface area contributed by atoms with Crippen molar-refractivity contribution in [3.05, 3.63) is 29.8 Å². The first-order chi connectivity index (χ1) is 8.90. The molecule has 0 amide bonds. The van der Waals surface area contributed by atoms with Crippen LogP contribution in [0.25, 0.3) is 0 Å². The van der Waals surface area contributed by atoms with Gasteiger partial charge in [-0.2, -0.15) is 5.10 Å². The number of hydrogen-bond donors (Lipinski definition) is 2. The van der Waals surface area contributed by atoms with Crippen LogP contribution in [0.2, 0.25) is 0 Å². The van der Waals surface area contributed by atoms with Gasteiger partial charge in [0.05, 0.1) is 6.21 Å². The molecule has 0 atom stereocenters. The van der Waals surface area contributed by atoms with E-state index in [-0.39, 0.29) is 5.60 Å². The Morgan fingerprint density at radius 1 is 1.32 bits per heavy atom. The third-order valence-corrected chi connectivity index (χ3v) is 2.26. The molecule has 0 aliphatic carbocycles. The molecule has 104 valence electrons. The Labute approximate surface area is 120 Å². The molecule has 1 aromatic rings. The van der Waals surface area contributed by atoms with Gasteiger partial charge in [-0.1, -0.05) is 0 Å². The highest BCUT2D eigenvalue weighted by molar-refractivity contribution is 7.80. The number of thiocarbonyl (C=S) groups is 1. The van der Waals surface area contributed by atoms with Crippen molar-refractivity contribution in [2.24, 2.45) is 5.10 Å². The summed E-state index contributed by atoms with van der Waals surface area (Å²) < 4.78 is 5.74. The van der Waals surface area contributed by atoms with Crippen LogP contribution in [-0.4, -0.2) is 23.5 Å². The molecule has 5 heteroatoms. The zero-order chi connectivity index (χ0) is 14.3. The van der Waals surface area contributed by atoms with E-state index in [0.717, 1.165) is 17.9 Å². The van der Waals surface area contributed by atoms with Crippen LogP contribution in [0.5, 0.6) is 5.75 Å². The number of benzene rings is 1. The van der Waals surface area contributed by atoms with Gasteiger partial charge in [0.1, 0.15) is 11.4 Å². The molecule has 0 saturated heterocycles. The van der Waals surface area contributed by atoms with E-state index in [2.05, 4.69) is 15.8 Å². The van der Waals surface area contributed by atoms with Gasteiger partial charge >= 0.3 is 0 Å². The van der Waals surface area contributed by atoms with Crippen molar-refractivity contribution in [2.75, 3.05) is 6.54 Å². The second kappa shape index (κ2) is 7.09. The van der Waals surface area contributed by atoms with E-state index < -0.39 is 0 Å². The Bertz CT molecular complexity index is 435. The first kappa shape index (κ1) is 15.4. The minimum atomic E-state index is -0.185. The molecule has 19 heavy (non-hydrogen) atoms. The van der Waals surface area contributed by atoms with E-state index in [4.69, 9.17) is 17.0 Å². The van der Waals surface area contributed by atoms with Crippen LogP contribution in [0.15, 0.2) is 29.4 Å². The third-order valence-electron chi connectivity index (χ3n) is 2.02. The van der Waals surface area contributed by atoms with Crippen LogP contribution in [0.1, 0.15) is 33.3 Å². The van der Waals surface area contributed by atoms with Crippen molar-refractivity contribution < 1.29 is 4.74 Å². The predicted octanol–water partition coefficient (Wildman–Crippen LogP) is 2.68. The summed E-state index contributed by atoms with van der Waals surface area (Å²) in [5.41, 5.74) is 3.54. The zero-order valence-electron chi connectivity index (χ0n) is 11.9. The molecule has 0 spiro atoms. The standard InChI is InChI=1S/C14H21N3OS/c1-5-15-13(19)17-16-10-11-6-8-12(9-7-11)18-14(2,3)4/h6-10H,5H2,1-4H3,(H2,15,17,19)/b16-10+. The van der Waals surface area contributed by atoms with Gasteiger partial charge in [-0.05, 0) is 69.7 Å². The smallest absolute Gasteiger partial charge is 0.186 e. The molecule has 0 radical (unpaired) electrons. The average Bonchev–Trinajstić information content (AvgIpc) is 2.30. The fourth-order valence-electron chi connectivity index (χ4n) is 1.34. The molecule has 0 saturated carbocycles. The highest BCUT2D eigenvalue weighted by Gasteiger charge is 2.10. The van der Waals surface area contributed by atoms with Crippen LogP contribution in [-0.2, 0) is 0 Å². The number of nitrogens with zero attached hydrogens (tertiary/aromatic N) is 1. The Morgan fingerprint density at radius 3 is 2.47 bits per heavy atom. The largest absolute Gasteiger partial charge is 0.488 e. The molecule has 1 rings (SSSR count). The second-order valence-electron chi connectivity index (χ2n) is 5.01. The third kappa shape index (κ3) is 6.76. The Balaban J connectivity index is 2.52. The van der Waals surface area contributed by atoms with E-state index in [9.17, 15) is 0 Å². The summed E-state index contributed by atoms with van der Waals surface area (Å²) in [5, 5.41) is 7.52. The number of hydrogen-bond acceptors (Lipinski definition) is 3. The Kier molecular flexibility index (Phi) is 5.76. The second-order valence-corrected chi connectivity index (χ2v) is 5.42. The lowest BCUT2D eigenvalue weighted by atomic mass is 10.2. The molecule has 2 N–H and O–H groups in total. The summed E-state index contributed by atoms with van der Waals surface area (Å²) in [5.74, 6) is 0.848. The van der Waals surface area contributed by atoms with Crippen molar-refractivity contribution >= 4 is 23.5 Å². The van der Waals surface area contributed by atoms with Crippen LogP contribution in [0.3, 0.4) is 0 Å². The van der Waals surface area contributed by atoms with Crippen LogP contribution < -0.4 is 15.5 Å². The zero-order valence-corrected chi connectivity index (χ0v) is 12.7. The normalized spacial score (nSPS) is 11.4. The number of nitrogens with one attached hydrogen (secondary N) is 2. The highest BCUT2D eigenvalue weighted by Crippen LogP contribution is 2.17. The van der Waals surface area contributed by atoms with Crippen molar-refractivity contribution in [2.45, 2.75) is 33.3 Å². The highest BCUT2D eigenvalue weighted by atomic mass is 32.1. The molecule has 1 aromatic carbocycles. The van der Waals surface area contributed by atoms with Crippen LogP contribution in [0, 0.1) is 0 Å². The van der Waals surface area contributed by atoms with Gasteiger partial charge in [-0.15, -0.1) is 0 Å². The van der Waals surface area contributed by atoms with Crippen LogP contribution >= 0.6 is 12.2 Å². The van der Waals surface area contributed by atoms with Gasteiger partial charge in [0.15, 0.2) is 5.11 Å². The van der Waals surface area contributed by atoms with Gasteiger partial charge < -0.3 is 10.1 Å². The Morgan fingerprint density at radius 2 is 1.95 bits per heavy atom. The van der Waals surface area contributed by atoms with Crippen LogP contribution in [0.4, 0.5) is 0 Å². The maximum atomic E-state index is 5.74. The maximum Gasteiger partial charge on any atom is 0.186 e. The molecular weight excluding hydrogens is 258 g/mol. The van der Waals surface area contributed by atoms with E-state index >= 15 is 0 Å². The van der Waals surface area contributed by atoms with Crippen molar-refractivity contribution in [3.63, 3.8) is 0 Å². The fourth-order valence-corrected chi connectivity index (χ4v) is 1.54. The molecule has 0 aliphatic rings. The first-order valence-electron chi connectivity index (χ1n) is 6.26. The Hall–Kier alpha value is -1.62. The molecule has 0 unspecified atom stereocenters. The van der Waals surface area contributed by atoms with Crippen molar-refractivity contribution in [1.82, 2.24) is 10.7 Å². The maximum absolute atomic E-state index is 5.74. The molecular formula is C14H21N3OS. The topological polar surface area (TPSA) is 45.7 Å². The lowest BCUT2D eigenvalue weighted by molar-refractivity contribution is 0.131. The van der Waals surface area contributed by atoms with E-state index in [0.29, 0.717) is 5.11 Å². The average molecular weight is 279 g/mol. The van der Waals surface area contributed by atoms with Gasteiger partial charge in [0, 0.05) is 6.54 Å². The fraction of sp³-hybridized carbons (Fsp3) is 0.429.